The van der Waals surface area contributed by atoms with Crippen molar-refractivity contribution in [3.8, 4) is 22.8 Å². The van der Waals surface area contributed by atoms with Gasteiger partial charge in [-0.1, -0.05) is 31.2 Å². The standard InChI is InChI=1S/C32H36N2O6/c1-19-15-23(27-17-29(39-5)33-18-28(27)31(37)34(4)13-14-35)11-12-26(19)32(38)40-25-8-6-7-24(16-25)30(22-9-10-22)20(2)21(3)36/h6-8,11-12,15-18,20,22,30,35H,9-10,13-14H2,1-5H3/t20-,30+/m1/s1. The summed E-state index contributed by atoms with van der Waals surface area (Å²) >= 11 is 0. The highest BCUT2D eigenvalue weighted by atomic mass is 16.5. The summed E-state index contributed by atoms with van der Waals surface area (Å²) in [5.41, 5.74) is 3.76. The van der Waals surface area contributed by atoms with Crippen LogP contribution in [0.4, 0.5) is 0 Å². The highest BCUT2D eigenvalue weighted by Gasteiger charge is 2.37. The average Bonchev–Trinajstić information content (AvgIpc) is 3.77. The number of aryl methyl sites for hydroxylation is 1. The number of Topliss-reactive ketones (excluding diaryl/α,β-unsaturated/α-hetero) is 1. The second-order valence-electron chi connectivity index (χ2n) is 10.5. The van der Waals surface area contributed by atoms with Crippen LogP contribution in [0.25, 0.3) is 11.1 Å². The number of nitrogens with zero attached hydrogens (tertiary/aromatic N) is 2. The summed E-state index contributed by atoms with van der Waals surface area (Å²) in [6, 6.07) is 14.4. The molecule has 0 bridgehead atoms. The second-order valence-corrected chi connectivity index (χ2v) is 10.5. The van der Waals surface area contributed by atoms with Crippen molar-refractivity contribution in [2.45, 2.75) is 39.5 Å². The van der Waals surface area contributed by atoms with Gasteiger partial charge in [-0.3, -0.25) is 9.59 Å². The van der Waals surface area contributed by atoms with Crippen LogP contribution in [0.3, 0.4) is 0 Å². The molecule has 0 unspecified atom stereocenters. The third-order valence-electron chi connectivity index (χ3n) is 7.62. The first kappa shape index (κ1) is 29.0. The Bertz CT molecular complexity index is 1410. The summed E-state index contributed by atoms with van der Waals surface area (Å²) in [6.45, 7) is 5.44. The number of rotatable bonds is 11. The minimum absolute atomic E-state index is 0.0970. The third-order valence-corrected chi connectivity index (χ3v) is 7.62. The SMILES string of the molecule is COc1cc(-c2ccc(C(=O)Oc3cccc([C@H](C4CC4)[C@H](C)C(C)=O)c3)c(C)c2)c(C(=O)N(C)CCO)cn1. The van der Waals surface area contributed by atoms with E-state index in [1.165, 1.54) is 18.2 Å². The predicted molar refractivity (Wildman–Crippen MR) is 152 cm³/mol. The van der Waals surface area contributed by atoms with E-state index in [0.717, 1.165) is 18.4 Å². The Hall–Kier alpha value is -4.04. The van der Waals surface area contributed by atoms with Gasteiger partial charge in [0.15, 0.2) is 0 Å². The molecule has 0 aliphatic heterocycles. The number of ether oxygens (including phenoxy) is 2. The second kappa shape index (κ2) is 12.4. The van der Waals surface area contributed by atoms with Crippen molar-refractivity contribution in [2.75, 3.05) is 27.3 Å². The van der Waals surface area contributed by atoms with Gasteiger partial charge in [0, 0.05) is 37.3 Å². The molecule has 2 atom stereocenters. The fourth-order valence-electron chi connectivity index (χ4n) is 5.10. The van der Waals surface area contributed by atoms with Gasteiger partial charge in [-0.2, -0.15) is 0 Å². The number of ketones is 1. The van der Waals surface area contributed by atoms with Crippen LogP contribution in [0.1, 0.15) is 64.4 Å². The summed E-state index contributed by atoms with van der Waals surface area (Å²) in [7, 11) is 3.11. The molecule has 8 nitrogen and oxygen atoms in total. The van der Waals surface area contributed by atoms with Crippen LogP contribution in [0, 0.1) is 18.8 Å². The van der Waals surface area contributed by atoms with Crippen LogP contribution >= 0.6 is 0 Å². The number of aliphatic hydroxyl groups excluding tert-OH is 1. The maximum atomic E-state index is 13.2. The molecule has 1 aliphatic rings. The first-order valence-corrected chi connectivity index (χ1v) is 13.5. The number of carbonyl (C=O) groups excluding carboxylic acids is 3. The molecule has 1 N–H and O–H groups in total. The normalized spacial score (nSPS) is 14.2. The predicted octanol–water partition coefficient (Wildman–Crippen LogP) is 5.07. The van der Waals surface area contributed by atoms with Crippen LogP contribution in [0.2, 0.25) is 0 Å². The first-order chi connectivity index (χ1) is 19.1. The number of pyridine rings is 1. The quantitative estimate of drug-likeness (QED) is 0.265. The topological polar surface area (TPSA) is 106 Å². The molecule has 0 saturated heterocycles. The average molecular weight is 545 g/mol. The molecule has 1 amide bonds. The zero-order chi connectivity index (χ0) is 29.0. The molecule has 1 saturated carbocycles. The minimum Gasteiger partial charge on any atom is -0.481 e. The van der Waals surface area contributed by atoms with Gasteiger partial charge in [0.1, 0.15) is 11.5 Å². The molecular formula is C32H36N2O6. The minimum atomic E-state index is -0.491. The molecule has 40 heavy (non-hydrogen) atoms. The Kier molecular flexibility index (Phi) is 9.00. The van der Waals surface area contributed by atoms with Crippen LogP contribution in [-0.2, 0) is 4.79 Å². The van der Waals surface area contributed by atoms with E-state index in [4.69, 9.17) is 9.47 Å². The summed E-state index contributed by atoms with van der Waals surface area (Å²) < 4.78 is 11.1. The zero-order valence-electron chi connectivity index (χ0n) is 23.6. The van der Waals surface area contributed by atoms with Gasteiger partial charge < -0.3 is 19.5 Å². The van der Waals surface area contributed by atoms with E-state index < -0.39 is 5.97 Å². The van der Waals surface area contributed by atoms with Crippen LogP contribution < -0.4 is 9.47 Å². The number of methoxy groups -OCH3 is 1. The van der Waals surface area contributed by atoms with Gasteiger partial charge in [-0.05, 0) is 73.4 Å². The zero-order valence-corrected chi connectivity index (χ0v) is 23.6. The number of aromatic nitrogens is 1. The Balaban J connectivity index is 1.59. The Morgan fingerprint density at radius 3 is 2.48 bits per heavy atom. The van der Waals surface area contributed by atoms with Crippen molar-refractivity contribution in [2.24, 2.45) is 11.8 Å². The maximum Gasteiger partial charge on any atom is 0.343 e. The molecule has 8 heteroatoms. The number of esters is 1. The largest absolute Gasteiger partial charge is 0.481 e. The van der Waals surface area contributed by atoms with E-state index in [9.17, 15) is 19.5 Å². The van der Waals surface area contributed by atoms with Crippen molar-refractivity contribution >= 4 is 17.7 Å². The number of aliphatic hydroxyl groups is 1. The van der Waals surface area contributed by atoms with Crippen LogP contribution in [0.15, 0.2) is 54.7 Å². The number of hydrogen-bond acceptors (Lipinski definition) is 7. The lowest BCUT2D eigenvalue weighted by atomic mass is 9.81. The maximum absolute atomic E-state index is 13.2. The summed E-state index contributed by atoms with van der Waals surface area (Å²) in [5, 5.41) is 9.25. The van der Waals surface area contributed by atoms with Gasteiger partial charge in [-0.15, -0.1) is 0 Å². The van der Waals surface area contributed by atoms with Gasteiger partial charge in [0.25, 0.3) is 5.91 Å². The van der Waals surface area contributed by atoms with Crippen molar-refractivity contribution in [1.82, 2.24) is 9.88 Å². The van der Waals surface area contributed by atoms with E-state index in [0.29, 0.717) is 45.4 Å². The Morgan fingerprint density at radius 2 is 1.85 bits per heavy atom. The molecule has 2 aromatic carbocycles. The molecular weight excluding hydrogens is 508 g/mol. The number of benzene rings is 2. The third kappa shape index (κ3) is 6.39. The number of carbonyl (C=O) groups is 3. The fourth-order valence-corrected chi connectivity index (χ4v) is 5.10. The molecule has 0 radical (unpaired) electrons. The Labute approximate surface area is 234 Å². The van der Waals surface area contributed by atoms with Crippen molar-refractivity contribution in [3.63, 3.8) is 0 Å². The van der Waals surface area contributed by atoms with E-state index in [1.54, 1.807) is 38.2 Å². The summed E-state index contributed by atoms with van der Waals surface area (Å²) in [4.78, 5) is 44.0. The van der Waals surface area contributed by atoms with Crippen LogP contribution in [-0.4, -0.2) is 60.0 Å². The summed E-state index contributed by atoms with van der Waals surface area (Å²) in [5.74, 6) is 0.660. The fraction of sp³-hybridized carbons (Fsp3) is 0.375. The molecule has 4 rings (SSSR count). The van der Waals surface area contributed by atoms with E-state index >= 15 is 0 Å². The van der Waals surface area contributed by atoms with Gasteiger partial charge >= 0.3 is 5.97 Å². The lowest BCUT2D eigenvalue weighted by Gasteiger charge is -2.22. The van der Waals surface area contributed by atoms with Crippen molar-refractivity contribution in [1.29, 1.82) is 0 Å². The lowest BCUT2D eigenvalue weighted by molar-refractivity contribution is -0.121. The highest BCUT2D eigenvalue weighted by Crippen LogP contribution is 2.47. The Morgan fingerprint density at radius 1 is 1.10 bits per heavy atom. The highest BCUT2D eigenvalue weighted by molar-refractivity contribution is 6.01. The van der Waals surface area contributed by atoms with E-state index in [2.05, 4.69) is 4.98 Å². The molecule has 1 fully saturated rings. The van der Waals surface area contributed by atoms with Crippen molar-refractivity contribution in [3.05, 3.63) is 77.0 Å². The monoisotopic (exact) mass is 544 g/mol. The number of likely N-dealkylation sites (N-methyl/N-ethyl adjacent to an activating group) is 1. The number of hydrogen-bond donors (Lipinski definition) is 1. The number of amides is 1. The van der Waals surface area contributed by atoms with Gasteiger partial charge in [-0.25, -0.2) is 9.78 Å². The molecule has 0 spiro atoms. The van der Waals surface area contributed by atoms with E-state index in [-0.39, 0.29) is 36.7 Å². The molecule has 210 valence electrons. The van der Waals surface area contributed by atoms with Gasteiger partial charge in [0.2, 0.25) is 5.88 Å². The molecule has 1 aromatic heterocycles. The molecule has 1 heterocycles. The van der Waals surface area contributed by atoms with Crippen LogP contribution in [0.5, 0.6) is 11.6 Å². The van der Waals surface area contributed by atoms with Crippen molar-refractivity contribution < 1.29 is 29.0 Å². The van der Waals surface area contributed by atoms with E-state index in [1.807, 2.05) is 38.1 Å². The molecule has 3 aromatic rings. The molecule has 1 aliphatic carbocycles. The smallest absolute Gasteiger partial charge is 0.343 e. The van der Waals surface area contributed by atoms with Gasteiger partial charge in [0.05, 0.1) is 24.8 Å². The lowest BCUT2D eigenvalue weighted by Crippen LogP contribution is -2.30. The summed E-state index contributed by atoms with van der Waals surface area (Å²) in [6.07, 6.45) is 3.66. The first-order valence-electron chi connectivity index (χ1n) is 13.5.